The van der Waals surface area contributed by atoms with Gasteiger partial charge in [0.2, 0.25) is 0 Å². The lowest BCUT2D eigenvalue weighted by molar-refractivity contribution is 0.232. The van der Waals surface area contributed by atoms with E-state index < -0.39 is 0 Å². The van der Waals surface area contributed by atoms with Crippen molar-refractivity contribution in [2.45, 2.75) is 51.5 Å². The normalized spacial score (nSPS) is 21.2. The molecule has 3 nitrogen and oxygen atoms in total. The topological polar surface area (TPSA) is 28.2 Å². The summed E-state index contributed by atoms with van der Waals surface area (Å²) in [5.74, 6) is 0.835. The molecule has 1 aliphatic carbocycles. The smallest absolute Gasteiger partial charge is 0.0733 e. The van der Waals surface area contributed by atoms with Gasteiger partial charge < -0.3 is 10.2 Å². The number of hydrogen-bond donors (Lipinski definition) is 1. The fraction of sp³-hybridized carbons (Fsp3) is 0.444. The van der Waals surface area contributed by atoms with Crippen LogP contribution >= 0.6 is 0 Å². The summed E-state index contributed by atoms with van der Waals surface area (Å²) in [4.78, 5) is 7.63. The first-order valence-corrected chi connectivity index (χ1v) is 11.7. The van der Waals surface area contributed by atoms with Crippen LogP contribution in [-0.4, -0.2) is 31.2 Å². The van der Waals surface area contributed by atoms with Gasteiger partial charge in [0, 0.05) is 35.8 Å². The molecule has 2 heterocycles. The van der Waals surface area contributed by atoms with Gasteiger partial charge in [-0.05, 0) is 74.8 Å². The fourth-order valence-electron chi connectivity index (χ4n) is 5.13. The zero-order valence-corrected chi connectivity index (χ0v) is 18.3. The standard InChI is InChI=1S/C27H33N3/c1-3-19-8-11-24-26(17-19)29-25(18-27(24)30-12-4-5-13-30)22-9-6-20(7-10-22)14-21-15-23(16-21)28-2/h6-11,17-18,21,23,28H,3-5,12-16H2,1-2H3. The number of nitrogens with zero attached hydrogens (tertiary/aromatic N) is 2. The number of aryl methyl sites for hydroxylation is 1. The fourth-order valence-corrected chi connectivity index (χ4v) is 5.13. The number of anilines is 1. The Morgan fingerprint density at radius 1 is 0.967 bits per heavy atom. The molecule has 0 amide bonds. The van der Waals surface area contributed by atoms with E-state index in [4.69, 9.17) is 4.98 Å². The summed E-state index contributed by atoms with van der Waals surface area (Å²) in [5.41, 5.74) is 7.62. The Morgan fingerprint density at radius 3 is 2.40 bits per heavy atom. The zero-order chi connectivity index (χ0) is 20.5. The monoisotopic (exact) mass is 399 g/mol. The maximum atomic E-state index is 5.09. The van der Waals surface area contributed by atoms with Crippen LogP contribution in [0.3, 0.4) is 0 Å². The molecule has 30 heavy (non-hydrogen) atoms. The van der Waals surface area contributed by atoms with Gasteiger partial charge in [0.1, 0.15) is 0 Å². The number of rotatable bonds is 6. The van der Waals surface area contributed by atoms with E-state index in [9.17, 15) is 0 Å². The Morgan fingerprint density at radius 2 is 1.70 bits per heavy atom. The number of nitrogens with one attached hydrogen (secondary N) is 1. The van der Waals surface area contributed by atoms with Crippen LogP contribution in [0, 0.1) is 5.92 Å². The van der Waals surface area contributed by atoms with Crippen LogP contribution in [0.4, 0.5) is 5.69 Å². The van der Waals surface area contributed by atoms with E-state index >= 15 is 0 Å². The van der Waals surface area contributed by atoms with Gasteiger partial charge >= 0.3 is 0 Å². The molecule has 2 aromatic carbocycles. The minimum absolute atomic E-state index is 0.730. The summed E-state index contributed by atoms with van der Waals surface area (Å²) in [6.45, 7) is 4.52. The highest BCUT2D eigenvalue weighted by Crippen LogP contribution is 2.34. The quantitative estimate of drug-likeness (QED) is 0.584. The molecule has 0 bridgehead atoms. The Hall–Kier alpha value is -2.39. The molecule has 156 valence electrons. The number of pyridine rings is 1. The average Bonchev–Trinajstić information content (AvgIpc) is 3.30. The van der Waals surface area contributed by atoms with Crippen molar-refractivity contribution in [1.29, 1.82) is 0 Å². The number of hydrogen-bond acceptors (Lipinski definition) is 3. The minimum atomic E-state index is 0.730. The number of fused-ring (bicyclic) bond motifs is 1. The van der Waals surface area contributed by atoms with Gasteiger partial charge in [0.05, 0.1) is 11.2 Å². The molecule has 1 N–H and O–H groups in total. The summed E-state index contributed by atoms with van der Waals surface area (Å²) in [6.07, 6.45) is 7.44. The van der Waals surface area contributed by atoms with Gasteiger partial charge in [-0.2, -0.15) is 0 Å². The molecule has 0 spiro atoms. The van der Waals surface area contributed by atoms with Gasteiger partial charge in [-0.25, -0.2) is 4.98 Å². The van der Waals surface area contributed by atoms with Gasteiger partial charge in [-0.15, -0.1) is 0 Å². The molecule has 2 aliphatic rings. The van der Waals surface area contributed by atoms with Gasteiger partial charge in [0.15, 0.2) is 0 Å². The predicted molar refractivity (Wildman–Crippen MR) is 127 cm³/mol. The first-order chi connectivity index (χ1) is 14.7. The minimum Gasteiger partial charge on any atom is -0.371 e. The average molecular weight is 400 g/mol. The van der Waals surface area contributed by atoms with Crippen LogP contribution in [0.2, 0.25) is 0 Å². The van der Waals surface area contributed by atoms with Gasteiger partial charge in [-0.3, -0.25) is 0 Å². The van der Waals surface area contributed by atoms with Crippen LogP contribution in [0.1, 0.15) is 43.7 Å². The lowest BCUT2D eigenvalue weighted by Gasteiger charge is -2.35. The van der Waals surface area contributed by atoms with E-state index in [0.29, 0.717) is 0 Å². The Balaban J connectivity index is 1.45. The summed E-state index contributed by atoms with van der Waals surface area (Å²) < 4.78 is 0. The Bertz CT molecular complexity index is 1010. The number of aromatic nitrogens is 1. The second kappa shape index (κ2) is 8.39. The molecule has 0 radical (unpaired) electrons. The molecule has 0 unspecified atom stereocenters. The number of benzene rings is 2. The zero-order valence-electron chi connectivity index (χ0n) is 18.3. The Kier molecular flexibility index (Phi) is 5.47. The van der Waals surface area contributed by atoms with Crippen molar-refractivity contribution in [3.05, 3.63) is 59.7 Å². The predicted octanol–water partition coefficient (Wildman–Crippen LogP) is 5.60. The summed E-state index contributed by atoms with van der Waals surface area (Å²) in [5, 5.41) is 4.68. The molecule has 1 saturated heterocycles. The maximum absolute atomic E-state index is 5.09. The summed E-state index contributed by atoms with van der Waals surface area (Å²) in [6, 6.07) is 19.0. The largest absolute Gasteiger partial charge is 0.371 e. The molecular weight excluding hydrogens is 366 g/mol. The first kappa shape index (κ1) is 19.6. The van der Waals surface area contributed by atoms with Crippen LogP contribution in [-0.2, 0) is 12.8 Å². The second-order valence-corrected chi connectivity index (χ2v) is 9.15. The lowest BCUT2D eigenvalue weighted by atomic mass is 9.77. The van der Waals surface area contributed by atoms with E-state index in [2.05, 4.69) is 72.7 Å². The molecule has 1 saturated carbocycles. The highest BCUT2D eigenvalue weighted by atomic mass is 15.1. The molecule has 3 heteroatoms. The van der Waals surface area contributed by atoms with Crippen molar-refractivity contribution in [3.63, 3.8) is 0 Å². The molecule has 5 rings (SSSR count). The summed E-state index contributed by atoms with van der Waals surface area (Å²) in [7, 11) is 2.08. The third-order valence-corrected chi connectivity index (χ3v) is 7.13. The van der Waals surface area contributed by atoms with Crippen molar-refractivity contribution in [2.24, 2.45) is 5.92 Å². The molecule has 0 atom stereocenters. The Labute approximate surface area is 180 Å². The van der Waals surface area contributed by atoms with Crippen molar-refractivity contribution >= 4 is 16.6 Å². The van der Waals surface area contributed by atoms with Crippen molar-refractivity contribution in [2.75, 3.05) is 25.0 Å². The van der Waals surface area contributed by atoms with Gasteiger partial charge in [-0.1, -0.05) is 43.3 Å². The van der Waals surface area contributed by atoms with Crippen molar-refractivity contribution < 1.29 is 0 Å². The van der Waals surface area contributed by atoms with Crippen LogP contribution in [0.5, 0.6) is 0 Å². The molecule has 1 aromatic heterocycles. The van der Waals surface area contributed by atoms with E-state index in [1.54, 1.807) is 0 Å². The first-order valence-electron chi connectivity index (χ1n) is 11.7. The highest BCUT2D eigenvalue weighted by Gasteiger charge is 2.27. The van der Waals surface area contributed by atoms with Gasteiger partial charge in [0.25, 0.3) is 0 Å². The van der Waals surface area contributed by atoms with E-state index in [1.165, 1.54) is 59.9 Å². The SMILES string of the molecule is CCc1ccc2c(N3CCCC3)cc(-c3ccc(CC4CC(NC)C4)cc3)nc2c1. The van der Waals surface area contributed by atoms with E-state index in [0.717, 1.165) is 42.7 Å². The third-order valence-electron chi connectivity index (χ3n) is 7.13. The molecule has 2 fully saturated rings. The maximum Gasteiger partial charge on any atom is 0.0733 e. The molecule has 1 aliphatic heterocycles. The van der Waals surface area contributed by atoms with Crippen molar-refractivity contribution in [1.82, 2.24) is 10.3 Å². The van der Waals surface area contributed by atoms with Crippen LogP contribution in [0.25, 0.3) is 22.2 Å². The molecular formula is C27H33N3. The molecule has 3 aromatic rings. The summed E-state index contributed by atoms with van der Waals surface area (Å²) >= 11 is 0. The second-order valence-electron chi connectivity index (χ2n) is 9.15. The third kappa shape index (κ3) is 3.83. The van der Waals surface area contributed by atoms with E-state index in [1.807, 2.05) is 0 Å². The lowest BCUT2D eigenvalue weighted by Crippen LogP contribution is -2.39. The highest BCUT2D eigenvalue weighted by molar-refractivity contribution is 5.94. The van der Waals surface area contributed by atoms with Crippen LogP contribution in [0.15, 0.2) is 48.5 Å². The van der Waals surface area contributed by atoms with Crippen molar-refractivity contribution in [3.8, 4) is 11.3 Å². The van der Waals surface area contributed by atoms with E-state index in [-0.39, 0.29) is 0 Å². The van der Waals surface area contributed by atoms with Crippen LogP contribution < -0.4 is 10.2 Å².